The van der Waals surface area contributed by atoms with Crippen molar-refractivity contribution in [2.45, 2.75) is 26.3 Å². The minimum absolute atomic E-state index is 0.321. The van der Waals surface area contributed by atoms with Crippen LogP contribution in [0.5, 0.6) is 0 Å². The number of thiophene rings is 1. The molecule has 0 aliphatic rings. The minimum atomic E-state index is 0.321. The maximum Gasteiger partial charge on any atom is 0.135 e. The molecule has 0 aromatic carbocycles. The topological polar surface area (TPSA) is 41.0 Å². The Morgan fingerprint density at radius 2 is 2.16 bits per heavy atom. The molecule has 0 saturated carbocycles. The van der Waals surface area contributed by atoms with Gasteiger partial charge < -0.3 is 10.2 Å². The van der Waals surface area contributed by atoms with Gasteiger partial charge in [0.1, 0.15) is 17.5 Å². The second-order valence-electron chi connectivity index (χ2n) is 4.86. The van der Waals surface area contributed by atoms with E-state index in [2.05, 4.69) is 57.9 Å². The van der Waals surface area contributed by atoms with E-state index in [9.17, 15) is 0 Å². The van der Waals surface area contributed by atoms with Crippen LogP contribution in [0.1, 0.15) is 31.2 Å². The molecule has 0 radical (unpaired) electrons. The fourth-order valence-corrected chi connectivity index (χ4v) is 2.43. The van der Waals surface area contributed by atoms with Gasteiger partial charge in [0.15, 0.2) is 0 Å². The highest BCUT2D eigenvalue weighted by atomic mass is 32.1. The number of aromatic nitrogens is 2. The number of rotatable bonds is 5. The van der Waals surface area contributed by atoms with Crippen LogP contribution in [0.25, 0.3) is 0 Å². The van der Waals surface area contributed by atoms with E-state index in [1.54, 1.807) is 11.3 Å². The maximum atomic E-state index is 4.64. The molecule has 0 atom stereocenters. The van der Waals surface area contributed by atoms with Crippen molar-refractivity contribution in [1.82, 2.24) is 9.97 Å². The summed E-state index contributed by atoms with van der Waals surface area (Å²) in [5.41, 5.74) is 1.31. The summed E-state index contributed by atoms with van der Waals surface area (Å²) in [6.45, 7) is 5.08. The molecule has 0 fully saturated rings. The van der Waals surface area contributed by atoms with Crippen LogP contribution in [0, 0.1) is 0 Å². The first-order valence-electron chi connectivity index (χ1n) is 6.39. The molecular formula is C14H20N4S. The molecule has 0 aliphatic heterocycles. The molecule has 5 heteroatoms. The summed E-state index contributed by atoms with van der Waals surface area (Å²) in [5, 5.41) is 7.37. The highest BCUT2D eigenvalue weighted by Crippen LogP contribution is 2.20. The van der Waals surface area contributed by atoms with Crippen LogP contribution in [0.2, 0.25) is 0 Å². The van der Waals surface area contributed by atoms with Gasteiger partial charge in [0.25, 0.3) is 0 Å². The van der Waals surface area contributed by atoms with Crippen molar-refractivity contribution in [2.75, 3.05) is 24.3 Å². The Balaban J connectivity index is 2.24. The zero-order chi connectivity index (χ0) is 13.8. The van der Waals surface area contributed by atoms with E-state index in [0.29, 0.717) is 5.92 Å². The molecule has 2 aromatic rings. The summed E-state index contributed by atoms with van der Waals surface area (Å²) in [4.78, 5) is 11.3. The first kappa shape index (κ1) is 13.8. The molecule has 0 spiro atoms. The van der Waals surface area contributed by atoms with Gasteiger partial charge in [-0.2, -0.15) is 11.3 Å². The van der Waals surface area contributed by atoms with Crippen molar-refractivity contribution in [2.24, 2.45) is 0 Å². The fourth-order valence-electron chi connectivity index (χ4n) is 1.77. The van der Waals surface area contributed by atoms with Crippen molar-refractivity contribution in [3.8, 4) is 0 Å². The molecule has 2 aromatic heterocycles. The molecule has 0 amide bonds. The van der Waals surface area contributed by atoms with Gasteiger partial charge in [-0.3, -0.25) is 0 Å². The molecule has 2 heterocycles. The predicted octanol–water partition coefficient (Wildman–Crippen LogP) is 3.34. The Morgan fingerprint density at radius 3 is 2.74 bits per heavy atom. The molecule has 19 heavy (non-hydrogen) atoms. The lowest BCUT2D eigenvalue weighted by Gasteiger charge is -2.19. The molecule has 0 saturated heterocycles. The first-order chi connectivity index (χ1) is 9.10. The number of hydrogen-bond acceptors (Lipinski definition) is 5. The van der Waals surface area contributed by atoms with E-state index < -0.39 is 0 Å². The van der Waals surface area contributed by atoms with Crippen molar-refractivity contribution in [3.63, 3.8) is 0 Å². The van der Waals surface area contributed by atoms with Crippen LogP contribution in [0.4, 0.5) is 11.6 Å². The average Bonchev–Trinajstić information content (AvgIpc) is 2.90. The summed E-state index contributed by atoms with van der Waals surface area (Å²) < 4.78 is 0. The smallest absolute Gasteiger partial charge is 0.135 e. The van der Waals surface area contributed by atoms with Gasteiger partial charge in [-0.05, 0) is 22.4 Å². The fraction of sp³-hybridized carbons (Fsp3) is 0.429. The lowest BCUT2D eigenvalue weighted by molar-refractivity contribution is 0.764. The van der Waals surface area contributed by atoms with Gasteiger partial charge >= 0.3 is 0 Å². The second-order valence-corrected chi connectivity index (χ2v) is 5.64. The number of nitrogens with zero attached hydrogens (tertiary/aromatic N) is 3. The molecular weight excluding hydrogens is 256 g/mol. The van der Waals surface area contributed by atoms with Crippen molar-refractivity contribution >= 4 is 23.0 Å². The molecule has 102 valence electrons. The Hall–Kier alpha value is -1.62. The van der Waals surface area contributed by atoms with E-state index in [-0.39, 0.29) is 0 Å². The van der Waals surface area contributed by atoms with Gasteiger partial charge in [-0.15, -0.1) is 0 Å². The van der Waals surface area contributed by atoms with Crippen molar-refractivity contribution < 1.29 is 0 Å². The van der Waals surface area contributed by atoms with E-state index in [4.69, 9.17) is 0 Å². The Bertz CT molecular complexity index is 522. The maximum absolute atomic E-state index is 4.64. The van der Waals surface area contributed by atoms with Crippen molar-refractivity contribution in [3.05, 3.63) is 34.3 Å². The highest BCUT2D eigenvalue weighted by molar-refractivity contribution is 7.07. The second kappa shape index (κ2) is 6.02. The quantitative estimate of drug-likeness (QED) is 0.909. The number of anilines is 2. The molecule has 2 rings (SSSR count). The monoisotopic (exact) mass is 276 g/mol. The first-order valence-corrected chi connectivity index (χ1v) is 7.33. The zero-order valence-electron chi connectivity index (χ0n) is 11.8. The normalized spacial score (nSPS) is 10.8. The van der Waals surface area contributed by atoms with E-state index in [1.165, 1.54) is 5.56 Å². The van der Waals surface area contributed by atoms with Gasteiger partial charge in [0.2, 0.25) is 0 Å². The largest absolute Gasteiger partial charge is 0.373 e. The summed E-state index contributed by atoms with van der Waals surface area (Å²) in [6, 6.07) is 4.13. The molecule has 1 N–H and O–H groups in total. The number of nitrogens with one attached hydrogen (secondary N) is 1. The lowest BCUT2D eigenvalue weighted by atomic mass is 10.2. The Kier molecular flexibility index (Phi) is 4.37. The molecule has 0 aliphatic carbocycles. The van der Waals surface area contributed by atoms with E-state index in [1.807, 2.05) is 13.1 Å². The zero-order valence-corrected chi connectivity index (χ0v) is 12.7. The minimum Gasteiger partial charge on any atom is -0.373 e. The predicted molar refractivity (Wildman–Crippen MR) is 82.1 cm³/mol. The van der Waals surface area contributed by atoms with Crippen LogP contribution >= 0.6 is 11.3 Å². The van der Waals surface area contributed by atoms with Crippen molar-refractivity contribution in [1.29, 1.82) is 0 Å². The average molecular weight is 276 g/mol. The SMILES string of the molecule is CNc1cc(N(C)Cc2ccsc2)nc(C(C)C)n1. The van der Waals surface area contributed by atoms with Crippen LogP contribution < -0.4 is 10.2 Å². The summed E-state index contributed by atoms with van der Waals surface area (Å²) in [7, 11) is 3.94. The summed E-state index contributed by atoms with van der Waals surface area (Å²) in [5.74, 6) is 3.01. The van der Waals surface area contributed by atoms with E-state index in [0.717, 1.165) is 24.0 Å². The van der Waals surface area contributed by atoms with Crippen LogP contribution in [-0.4, -0.2) is 24.1 Å². The summed E-state index contributed by atoms with van der Waals surface area (Å²) >= 11 is 1.72. The van der Waals surface area contributed by atoms with E-state index >= 15 is 0 Å². The molecule has 0 unspecified atom stereocenters. The Morgan fingerprint density at radius 1 is 1.37 bits per heavy atom. The standard InChI is InChI=1S/C14H20N4S/c1-10(2)14-16-12(15-3)7-13(17-14)18(4)8-11-5-6-19-9-11/h5-7,9-10H,8H2,1-4H3,(H,15,16,17). The van der Waals surface area contributed by atoms with Crippen LogP contribution in [0.3, 0.4) is 0 Å². The molecule has 4 nitrogen and oxygen atoms in total. The number of hydrogen-bond donors (Lipinski definition) is 1. The summed E-state index contributed by atoms with van der Waals surface area (Å²) in [6.07, 6.45) is 0. The Labute approximate surface area is 118 Å². The van der Waals surface area contributed by atoms with Gasteiger partial charge in [-0.1, -0.05) is 13.8 Å². The third kappa shape index (κ3) is 3.44. The highest BCUT2D eigenvalue weighted by Gasteiger charge is 2.11. The molecule has 0 bridgehead atoms. The van der Waals surface area contributed by atoms with Crippen LogP contribution in [-0.2, 0) is 6.54 Å². The van der Waals surface area contributed by atoms with Gasteiger partial charge in [0, 0.05) is 32.6 Å². The van der Waals surface area contributed by atoms with Crippen LogP contribution in [0.15, 0.2) is 22.9 Å². The van der Waals surface area contributed by atoms with Gasteiger partial charge in [-0.25, -0.2) is 9.97 Å². The third-order valence-electron chi connectivity index (χ3n) is 2.89. The lowest BCUT2D eigenvalue weighted by Crippen LogP contribution is -2.19. The third-order valence-corrected chi connectivity index (χ3v) is 3.63. The van der Waals surface area contributed by atoms with Gasteiger partial charge in [0.05, 0.1) is 0 Å².